The number of hydrogen-bond donors (Lipinski definition) is 4. The molecule has 0 saturated carbocycles. The predicted molar refractivity (Wildman–Crippen MR) is 94.7 cm³/mol. The van der Waals surface area contributed by atoms with E-state index in [1.807, 2.05) is 6.07 Å². The summed E-state index contributed by atoms with van der Waals surface area (Å²) in [5.74, 6) is -2.32. The van der Waals surface area contributed by atoms with Crippen molar-refractivity contribution in [2.75, 3.05) is 6.61 Å². The monoisotopic (exact) mass is 380 g/mol. The van der Waals surface area contributed by atoms with Gasteiger partial charge >= 0.3 is 12.1 Å². The summed E-state index contributed by atoms with van der Waals surface area (Å²) < 4.78 is 4.95. The average Bonchev–Trinajstić information content (AvgIpc) is 2.67. The number of alkyl carbamates (subject to hydrolysis) is 1. The van der Waals surface area contributed by atoms with E-state index in [-0.39, 0.29) is 31.7 Å². The van der Waals surface area contributed by atoms with Crippen LogP contribution in [-0.2, 0) is 25.7 Å². The Labute approximate surface area is 156 Å². The zero-order valence-electron chi connectivity index (χ0n) is 15.0. The van der Waals surface area contributed by atoms with Crippen LogP contribution in [0.25, 0.3) is 0 Å². The minimum atomic E-state index is -1.38. The van der Waals surface area contributed by atoms with E-state index in [1.54, 1.807) is 31.2 Å². The van der Waals surface area contributed by atoms with Crippen LogP contribution in [-0.4, -0.2) is 52.7 Å². The van der Waals surface area contributed by atoms with Crippen LogP contribution < -0.4 is 10.6 Å². The molecule has 1 aromatic carbocycles. The summed E-state index contributed by atoms with van der Waals surface area (Å²) in [5.41, 5.74) is 0.740. The first kappa shape index (κ1) is 22.1. The van der Waals surface area contributed by atoms with Gasteiger partial charge in [-0.2, -0.15) is 0 Å². The van der Waals surface area contributed by atoms with Gasteiger partial charge in [-0.3, -0.25) is 9.59 Å². The van der Waals surface area contributed by atoms with Crippen molar-refractivity contribution < 1.29 is 34.1 Å². The maximum atomic E-state index is 12.1. The molecule has 1 rings (SSSR count). The molecule has 0 spiro atoms. The number of rotatable bonds is 11. The topological polar surface area (TPSA) is 142 Å². The summed E-state index contributed by atoms with van der Waals surface area (Å²) in [6, 6.07) is 6.17. The lowest BCUT2D eigenvalue weighted by atomic mass is 10.1. The number of ether oxygens (including phenoxy) is 1. The Hall–Kier alpha value is -2.94. The molecule has 0 heterocycles. The maximum absolute atomic E-state index is 12.1. The number of ketones is 1. The van der Waals surface area contributed by atoms with Crippen LogP contribution in [0.15, 0.2) is 30.3 Å². The standard InChI is InChI=1S/C18H24N2O7/c1-2-13(22)8-9-14(17(24)25)19-16(23)15(10-21)20-18(26)27-11-12-6-4-3-5-7-12/h3-7,14-15,21H,2,8-11H2,1H3,(H,19,23)(H,20,26)(H,24,25)/t14-,15-/m0/s1. The third kappa shape index (κ3) is 8.32. The molecule has 0 bridgehead atoms. The molecule has 0 aliphatic heterocycles. The molecular formula is C18H24N2O7. The molecular weight excluding hydrogens is 356 g/mol. The molecule has 0 aliphatic carbocycles. The van der Waals surface area contributed by atoms with E-state index in [1.165, 1.54) is 0 Å². The zero-order chi connectivity index (χ0) is 20.2. The number of Topliss-reactive ketones (excluding diaryl/α,β-unsaturated/α-hetero) is 1. The number of hydrogen-bond acceptors (Lipinski definition) is 6. The summed E-state index contributed by atoms with van der Waals surface area (Å²) in [5, 5.41) is 22.8. The minimum absolute atomic E-state index is 0.00405. The van der Waals surface area contributed by atoms with Gasteiger partial charge in [-0.25, -0.2) is 9.59 Å². The maximum Gasteiger partial charge on any atom is 0.408 e. The number of carboxylic acids is 1. The van der Waals surface area contributed by atoms with Gasteiger partial charge in [-0.05, 0) is 12.0 Å². The van der Waals surface area contributed by atoms with Crippen LogP contribution in [0.4, 0.5) is 4.79 Å². The van der Waals surface area contributed by atoms with Crippen LogP contribution >= 0.6 is 0 Å². The van der Waals surface area contributed by atoms with Crippen molar-refractivity contribution in [3.63, 3.8) is 0 Å². The lowest BCUT2D eigenvalue weighted by Gasteiger charge is -2.19. The molecule has 0 unspecified atom stereocenters. The fourth-order valence-electron chi connectivity index (χ4n) is 2.11. The molecule has 1 aromatic rings. The lowest BCUT2D eigenvalue weighted by Crippen LogP contribution is -2.53. The van der Waals surface area contributed by atoms with E-state index in [0.717, 1.165) is 5.56 Å². The van der Waals surface area contributed by atoms with Crippen molar-refractivity contribution in [2.45, 2.75) is 44.9 Å². The van der Waals surface area contributed by atoms with Crippen molar-refractivity contribution in [3.05, 3.63) is 35.9 Å². The quantitative estimate of drug-likeness (QED) is 0.440. The average molecular weight is 380 g/mol. The summed E-state index contributed by atoms with van der Waals surface area (Å²) in [7, 11) is 0. The molecule has 2 atom stereocenters. The summed E-state index contributed by atoms with van der Waals surface area (Å²) in [6.07, 6.45) is -0.732. The van der Waals surface area contributed by atoms with Gasteiger partial charge in [-0.15, -0.1) is 0 Å². The zero-order valence-corrected chi connectivity index (χ0v) is 15.0. The van der Waals surface area contributed by atoms with Crippen LogP contribution in [0.2, 0.25) is 0 Å². The summed E-state index contributed by atoms with van der Waals surface area (Å²) in [6.45, 7) is 0.888. The molecule has 0 aliphatic rings. The first-order valence-corrected chi connectivity index (χ1v) is 8.50. The fraction of sp³-hybridized carbons (Fsp3) is 0.444. The third-order valence-corrected chi connectivity index (χ3v) is 3.72. The SMILES string of the molecule is CCC(=O)CC[C@H](NC(=O)[C@H](CO)NC(=O)OCc1ccccc1)C(=O)O. The molecule has 9 heteroatoms. The highest BCUT2D eigenvalue weighted by Gasteiger charge is 2.26. The summed E-state index contributed by atoms with van der Waals surface area (Å²) >= 11 is 0. The van der Waals surface area contributed by atoms with Crippen molar-refractivity contribution in [2.24, 2.45) is 0 Å². The van der Waals surface area contributed by atoms with E-state index in [0.29, 0.717) is 0 Å². The van der Waals surface area contributed by atoms with Crippen LogP contribution in [0.5, 0.6) is 0 Å². The number of benzene rings is 1. The van der Waals surface area contributed by atoms with Gasteiger partial charge in [-0.1, -0.05) is 37.3 Å². The highest BCUT2D eigenvalue weighted by atomic mass is 16.5. The van der Waals surface area contributed by atoms with Crippen molar-refractivity contribution >= 4 is 23.8 Å². The van der Waals surface area contributed by atoms with Gasteiger partial charge in [0.25, 0.3) is 0 Å². The molecule has 9 nitrogen and oxygen atoms in total. The first-order valence-electron chi connectivity index (χ1n) is 8.50. The van der Waals surface area contributed by atoms with E-state index < -0.39 is 36.7 Å². The predicted octanol–water partition coefficient (Wildman–Crippen LogP) is 0.602. The largest absolute Gasteiger partial charge is 0.480 e. The van der Waals surface area contributed by atoms with E-state index in [2.05, 4.69) is 10.6 Å². The van der Waals surface area contributed by atoms with Crippen molar-refractivity contribution in [1.82, 2.24) is 10.6 Å². The molecule has 0 radical (unpaired) electrons. The van der Waals surface area contributed by atoms with Crippen molar-refractivity contribution in [3.8, 4) is 0 Å². The van der Waals surface area contributed by atoms with Gasteiger partial charge in [0.1, 0.15) is 24.5 Å². The van der Waals surface area contributed by atoms with E-state index in [9.17, 15) is 24.3 Å². The normalized spacial score (nSPS) is 12.5. The van der Waals surface area contributed by atoms with Crippen molar-refractivity contribution in [1.29, 1.82) is 0 Å². The Morgan fingerprint density at radius 3 is 2.30 bits per heavy atom. The Morgan fingerprint density at radius 1 is 1.07 bits per heavy atom. The Balaban J connectivity index is 2.54. The molecule has 27 heavy (non-hydrogen) atoms. The Morgan fingerprint density at radius 2 is 1.74 bits per heavy atom. The van der Waals surface area contributed by atoms with Gasteiger partial charge in [0.15, 0.2) is 0 Å². The number of carbonyl (C=O) groups is 4. The van der Waals surface area contributed by atoms with Crippen LogP contribution in [0, 0.1) is 0 Å². The molecule has 4 N–H and O–H groups in total. The molecule has 0 aromatic heterocycles. The van der Waals surface area contributed by atoms with Crippen LogP contribution in [0.1, 0.15) is 31.7 Å². The number of aliphatic hydroxyl groups excluding tert-OH is 1. The van der Waals surface area contributed by atoms with E-state index in [4.69, 9.17) is 9.84 Å². The first-order chi connectivity index (χ1) is 12.9. The second kappa shape index (κ2) is 11.6. The second-order valence-corrected chi connectivity index (χ2v) is 5.77. The molecule has 2 amide bonds. The highest BCUT2D eigenvalue weighted by Crippen LogP contribution is 2.03. The molecule has 0 saturated heterocycles. The smallest absolute Gasteiger partial charge is 0.408 e. The number of carbonyl (C=O) groups excluding carboxylic acids is 3. The number of carboxylic acid groups (broad SMARTS) is 1. The fourth-order valence-corrected chi connectivity index (χ4v) is 2.11. The lowest BCUT2D eigenvalue weighted by molar-refractivity contribution is -0.142. The second-order valence-electron chi connectivity index (χ2n) is 5.77. The van der Waals surface area contributed by atoms with Gasteiger partial charge in [0.2, 0.25) is 5.91 Å². The van der Waals surface area contributed by atoms with Gasteiger partial charge < -0.3 is 25.6 Å². The minimum Gasteiger partial charge on any atom is -0.480 e. The molecule has 0 fully saturated rings. The summed E-state index contributed by atoms with van der Waals surface area (Å²) in [4.78, 5) is 46.5. The number of aliphatic hydroxyl groups is 1. The highest BCUT2D eigenvalue weighted by molar-refractivity contribution is 5.89. The third-order valence-electron chi connectivity index (χ3n) is 3.72. The Kier molecular flexibility index (Phi) is 9.52. The number of nitrogens with one attached hydrogen (secondary N) is 2. The van der Waals surface area contributed by atoms with Gasteiger partial charge in [0, 0.05) is 12.8 Å². The van der Waals surface area contributed by atoms with Crippen LogP contribution in [0.3, 0.4) is 0 Å². The molecule has 148 valence electrons. The number of aliphatic carboxylic acids is 1. The van der Waals surface area contributed by atoms with E-state index >= 15 is 0 Å². The number of amides is 2. The van der Waals surface area contributed by atoms with Gasteiger partial charge in [0.05, 0.1) is 6.61 Å². The Bertz CT molecular complexity index is 648.